The average Bonchev–Trinajstić information content (AvgIpc) is 3.30. The monoisotopic (exact) mass is 924 g/mol. The van der Waals surface area contributed by atoms with E-state index in [-0.39, 0.29) is 18.5 Å². The summed E-state index contributed by atoms with van der Waals surface area (Å²) in [6, 6.07) is -0.830. The number of carbonyl (C=O) groups is 2. The second-order valence-electron chi connectivity index (χ2n) is 18.9. The molecule has 0 radical (unpaired) electrons. The zero-order valence-electron chi connectivity index (χ0n) is 41.7. The van der Waals surface area contributed by atoms with Crippen LogP contribution in [0.4, 0.5) is 0 Å². The smallest absolute Gasteiger partial charge is 0.305 e. The van der Waals surface area contributed by atoms with Crippen LogP contribution in [0.3, 0.4) is 0 Å². The first-order valence-electron chi connectivity index (χ1n) is 27.1. The van der Waals surface area contributed by atoms with Gasteiger partial charge in [-0.05, 0) is 44.9 Å². The predicted molar refractivity (Wildman–Crippen MR) is 264 cm³/mol. The topological polar surface area (TPSA) is 175 Å². The molecule has 7 unspecified atom stereocenters. The molecule has 0 bridgehead atoms. The number of nitrogens with one attached hydrogen (secondary N) is 1. The quantitative estimate of drug-likeness (QED) is 0.0196. The molecule has 0 aromatic rings. The van der Waals surface area contributed by atoms with Crippen LogP contribution >= 0.6 is 0 Å². The van der Waals surface area contributed by atoms with Crippen LogP contribution in [0, 0.1) is 0 Å². The Morgan fingerprint density at radius 3 is 1.52 bits per heavy atom. The van der Waals surface area contributed by atoms with E-state index in [1.807, 2.05) is 6.08 Å². The third kappa shape index (κ3) is 35.0. The first-order chi connectivity index (χ1) is 31.7. The average molecular weight is 924 g/mol. The molecule has 1 heterocycles. The lowest BCUT2D eigenvalue weighted by Crippen LogP contribution is -2.60. The van der Waals surface area contributed by atoms with E-state index in [1.165, 1.54) is 148 Å². The Morgan fingerprint density at radius 1 is 0.554 bits per heavy atom. The molecule has 1 aliphatic rings. The Balaban J connectivity index is 2.11. The fraction of sp³-hybridized carbons (Fsp3) is 0.889. The van der Waals surface area contributed by atoms with Crippen molar-refractivity contribution in [1.82, 2.24) is 5.32 Å². The number of carbonyl (C=O) groups excluding carboxylic acids is 2. The van der Waals surface area contributed by atoms with Gasteiger partial charge in [-0.3, -0.25) is 9.59 Å². The summed E-state index contributed by atoms with van der Waals surface area (Å²) < 4.78 is 16.6. The molecule has 1 saturated heterocycles. The van der Waals surface area contributed by atoms with E-state index in [1.54, 1.807) is 6.08 Å². The highest BCUT2D eigenvalue weighted by Gasteiger charge is 2.44. The van der Waals surface area contributed by atoms with Crippen molar-refractivity contribution in [1.29, 1.82) is 0 Å². The molecule has 65 heavy (non-hydrogen) atoms. The summed E-state index contributed by atoms with van der Waals surface area (Å²) in [5, 5.41) is 54.1. The van der Waals surface area contributed by atoms with Gasteiger partial charge in [-0.25, -0.2) is 0 Å². The van der Waals surface area contributed by atoms with Gasteiger partial charge >= 0.3 is 5.97 Å². The molecule has 1 fully saturated rings. The van der Waals surface area contributed by atoms with E-state index in [4.69, 9.17) is 14.2 Å². The van der Waals surface area contributed by atoms with Crippen molar-refractivity contribution < 1.29 is 49.3 Å². The minimum Gasteiger partial charge on any atom is -0.466 e. The number of aliphatic hydroxyl groups excluding tert-OH is 5. The van der Waals surface area contributed by atoms with Crippen molar-refractivity contribution in [3.8, 4) is 0 Å². The molecule has 0 spiro atoms. The summed E-state index contributed by atoms with van der Waals surface area (Å²) in [7, 11) is 0. The minimum absolute atomic E-state index is 0.0162. The fourth-order valence-electron chi connectivity index (χ4n) is 8.45. The van der Waals surface area contributed by atoms with Crippen LogP contribution in [-0.4, -0.2) is 100 Å². The van der Waals surface area contributed by atoms with Crippen molar-refractivity contribution in [3.63, 3.8) is 0 Å². The largest absolute Gasteiger partial charge is 0.466 e. The van der Waals surface area contributed by atoms with Gasteiger partial charge in [0.25, 0.3) is 0 Å². The number of rotatable bonds is 46. The van der Waals surface area contributed by atoms with E-state index in [9.17, 15) is 35.1 Å². The molecule has 6 N–H and O–H groups in total. The van der Waals surface area contributed by atoms with Crippen LogP contribution < -0.4 is 5.32 Å². The van der Waals surface area contributed by atoms with E-state index in [0.29, 0.717) is 19.4 Å². The highest BCUT2D eigenvalue weighted by Crippen LogP contribution is 2.23. The molecule has 1 aliphatic heterocycles. The van der Waals surface area contributed by atoms with Crippen molar-refractivity contribution in [2.24, 2.45) is 0 Å². The Kier molecular flexibility index (Phi) is 42.0. The number of allylic oxidation sites excluding steroid dienone is 3. The maximum atomic E-state index is 13.0. The molecule has 0 aromatic carbocycles. The number of amides is 1. The van der Waals surface area contributed by atoms with Crippen molar-refractivity contribution in [2.45, 2.75) is 288 Å². The first-order valence-corrected chi connectivity index (χ1v) is 27.1. The number of unbranched alkanes of at least 4 members (excludes halogenated alkanes) is 30. The maximum Gasteiger partial charge on any atom is 0.305 e. The summed E-state index contributed by atoms with van der Waals surface area (Å²) in [5.41, 5.74) is 0. The number of aliphatic hydroxyl groups is 5. The summed E-state index contributed by atoms with van der Waals surface area (Å²) >= 11 is 0. The molecule has 11 nitrogen and oxygen atoms in total. The molecule has 0 aromatic heterocycles. The number of hydrogen-bond donors (Lipinski definition) is 6. The molecule has 1 rings (SSSR count). The van der Waals surface area contributed by atoms with Crippen LogP contribution in [0.5, 0.6) is 0 Å². The highest BCUT2D eigenvalue weighted by molar-refractivity contribution is 5.76. The maximum absolute atomic E-state index is 13.0. The van der Waals surface area contributed by atoms with Gasteiger partial charge in [0.1, 0.15) is 24.4 Å². The van der Waals surface area contributed by atoms with Crippen LogP contribution in [0.15, 0.2) is 24.3 Å². The lowest BCUT2D eigenvalue weighted by atomic mass is 9.99. The molecular formula is C54H101NO10. The standard InChI is InChI=1S/C54H101NO10/c1-3-5-7-9-11-13-21-26-30-34-38-42-50(59)63-43-39-35-31-27-23-20-18-16-15-17-19-22-25-29-33-37-41-49(58)55-46(45-64-54-53(62)52(61)51(60)48(44-56)65-54)47(57)40-36-32-28-24-14-12-10-8-6-4-2/h14,24,36,40,46-48,51-54,56-57,60-62H,3-13,15-23,25-35,37-39,41-45H2,1-2H3,(H,55,58)/b24-14+,40-36+. The van der Waals surface area contributed by atoms with Crippen LogP contribution in [0.2, 0.25) is 0 Å². The van der Waals surface area contributed by atoms with Crippen LogP contribution in [0.1, 0.15) is 245 Å². The van der Waals surface area contributed by atoms with Gasteiger partial charge in [0.15, 0.2) is 6.29 Å². The lowest BCUT2D eigenvalue weighted by molar-refractivity contribution is -0.302. The predicted octanol–water partition coefficient (Wildman–Crippen LogP) is 11.4. The molecule has 1 amide bonds. The van der Waals surface area contributed by atoms with Gasteiger partial charge in [0.05, 0.1) is 32.0 Å². The Labute approximate surface area is 397 Å². The first kappa shape index (κ1) is 61.2. The molecule has 382 valence electrons. The zero-order valence-corrected chi connectivity index (χ0v) is 41.7. The zero-order chi connectivity index (χ0) is 47.4. The van der Waals surface area contributed by atoms with Crippen molar-refractivity contribution >= 4 is 11.9 Å². The Morgan fingerprint density at radius 2 is 1.00 bits per heavy atom. The molecular weight excluding hydrogens is 823 g/mol. The van der Waals surface area contributed by atoms with E-state index < -0.39 is 49.5 Å². The summed E-state index contributed by atoms with van der Waals surface area (Å²) in [5.74, 6) is -0.217. The van der Waals surface area contributed by atoms with Gasteiger partial charge in [0.2, 0.25) is 5.91 Å². The Bertz CT molecular complexity index is 1130. The van der Waals surface area contributed by atoms with Gasteiger partial charge in [-0.2, -0.15) is 0 Å². The Hall–Kier alpha value is -1.86. The number of hydrogen-bond acceptors (Lipinski definition) is 10. The summed E-state index contributed by atoms with van der Waals surface area (Å²) in [6.07, 6.45) is 41.2. The van der Waals surface area contributed by atoms with Gasteiger partial charge in [-0.1, -0.05) is 212 Å². The normalized spacial score (nSPS) is 19.9. The number of esters is 1. The lowest BCUT2D eigenvalue weighted by Gasteiger charge is -2.40. The van der Waals surface area contributed by atoms with Crippen molar-refractivity contribution in [2.75, 3.05) is 19.8 Å². The molecule has 11 heteroatoms. The second kappa shape index (κ2) is 44.6. The summed E-state index contributed by atoms with van der Waals surface area (Å²) in [4.78, 5) is 25.0. The van der Waals surface area contributed by atoms with Gasteiger partial charge in [0, 0.05) is 12.8 Å². The molecule has 0 saturated carbocycles. The van der Waals surface area contributed by atoms with Crippen molar-refractivity contribution in [3.05, 3.63) is 24.3 Å². The minimum atomic E-state index is -1.58. The van der Waals surface area contributed by atoms with Crippen LogP contribution in [-0.2, 0) is 23.8 Å². The van der Waals surface area contributed by atoms with E-state index >= 15 is 0 Å². The van der Waals surface area contributed by atoms with E-state index in [2.05, 4.69) is 31.3 Å². The molecule has 0 aliphatic carbocycles. The van der Waals surface area contributed by atoms with Gasteiger partial charge in [-0.15, -0.1) is 0 Å². The fourth-order valence-corrected chi connectivity index (χ4v) is 8.45. The van der Waals surface area contributed by atoms with Crippen LogP contribution in [0.25, 0.3) is 0 Å². The second-order valence-corrected chi connectivity index (χ2v) is 18.9. The highest BCUT2D eigenvalue weighted by atomic mass is 16.7. The SMILES string of the molecule is CCCCCC/C=C/CC/C=C/C(O)C(COC1OC(CO)C(O)C(O)C1O)NC(=O)CCCCCCCCCCCCCCCCCCOC(=O)CCCCCCCCCCCCC. The van der Waals surface area contributed by atoms with Gasteiger partial charge < -0.3 is 45.1 Å². The number of ether oxygens (including phenoxy) is 3. The summed E-state index contributed by atoms with van der Waals surface area (Å²) in [6.45, 7) is 4.26. The molecule has 7 atom stereocenters. The van der Waals surface area contributed by atoms with E-state index in [0.717, 1.165) is 70.6 Å². The third-order valence-electron chi connectivity index (χ3n) is 12.8. The third-order valence-corrected chi connectivity index (χ3v) is 12.8.